The highest BCUT2D eigenvalue weighted by atomic mass is 16.3. The van der Waals surface area contributed by atoms with Gasteiger partial charge in [0.1, 0.15) is 0 Å². The second-order valence-electron chi connectivity index (χ2n) is 3.54. The fourth-order valence-corrected chi connectivity index (χ4v) is 1.45. The van der Waals surface area contributed by atoms with Crippen LogP contribution in [-0.4, -0.2) is 27.9 Å². The smallest absolute Gasteiger partial charge is 0.157 e. The van der Waals surface area contributed by atoms with Crippen LogP contribution in [0.4, 0.5) is 0 Å². The van der Waals surface area contributed by atoms with Crippen molar-refractivity contribution in [1.82, 2.24) is 5.32 Å². The number of rotatable bonds is 4. The zero-order valence-corrected chi connectivity index (χ0v) is 8.94. The molecule has 84 valence electrons. The van der Waals surface area contributed by atoms with Crippen LogP contribution in [0.15, 0.2) is 18.2 Å². The number of phenols is 2. The van der Waals surface area contributed by atoms with Crippen molar-refractivity contribution in [2.75, 3.05) is 6.54 Å². The number of benzene rings is 1. The summed E-state index contributed by atoms with van der Waals surface area (Å²) in [5, 5.41) is 31.4. The van der Waals surface area contributed by atoms with Crippen LogP contribution < -0.4 is 5.32 Å². The molecule has 0 aliphatic heterocycles. The van der Waals surface area contributed by atoms with Crippen LogP contribution >= 0.6 is 0 Å². The number of hydrogen-bond donors (Lipinski definition) is 4. The summed E-state index contributed by atoms with van der Waals surface area (Å²) in [5.41, 5.74) is 0.582. The maximum absolute atomic E-state index is 9.88. The predicted octanol–water partition coefficient (Wildman–Crippen LogP) is 1.13. The third-order valence-electron chi connectivity index (χ3n) is 2.34. The summed E-state index contributed by atoms with van der Waals surface area (Å²) in [6.07, 6.45) is -0.698. The molecule has 0 aliphatic rings. The molecule has 0 aromatic heterocycles. The third-order valence-corrected chi connectivity index (χ3v) is 2.34. The minimum absolute atomic E-state index is 0.0982. The van der Waals surface area contributed by atoms with Crippen LogP contribution in [0.3, 0.4) is 0 Å². The highest BCUT2D eigenvalue weighted by Crippen LogP contribution is 2.28. The largest absolute Gasteiger partial charge is 0.504 e. The van der Waals surface area contributed by atoms with Gasteiger partial charge in [0.05, 0.1) is 6.10 Å². The Balaban J connectivity index is 2.81. The predicted molar refractivity (Wildman–Crippen MR) is 57.9 cm³/mol. The Morgan fingerprint density at radius 1 is 1.27 bits per heavy atom. The van der Waals surface area contributed by atoms with Gasteiger partial charge >= 0.3 is 0 Å². The average Bonchev–Trinajstić information content (AvgIpc) is 2.21. The third kappa shape index (κ3) is 2.84. The lowest BCUT2D eigenvalue weighted by atomic mass is 10.0. The van der Waals surface area contributed by atoms with Gasteiger partial charge in [-0.1, -0.05) is 13.0 Å². The van der Waals surface area contributed by atoms with E-state index in [1.807, 2.05) is 13.8 Å². The van der Waals surface area contributed by atoms with Crippen molar-refractivity contribution in [3.8, 4) is 11.5 Å². The highest BCUT2D eigenvalue weighted by Gasteiger charge is 2.16. The molecule has 1 rings (SSSR count). The van der Waals surface area contributed by atoms with Crippen LogP contribution in [0.1, 0.15) is 25.5 Å². The van der Waals surface area contributed by atoms with Gasteiger partial charge in [0.2, 0.25) is 0 Å². The number of aromatic hydroxyl groups is 2. The van der Waals surface area contributed by atoms with Crippen LogP contribution in [0.5, 0.6) is 11.5 Å². The molecule has 2 atom stereocenters. The molecule has 4 heteroatoms. The Morgan fingerprint density at radius 3 is 2.47 bits per heavy atom. The molecule has 0 amide bonds. The van der Waals surface area contributed by atoms with E-state index in [1.165, 1.54) is 12.1 Å². The standard InChI is InChI=1S/C11H17NO3/c1-3-12-7(2)11(15)8-4-5-9(13)10(14)6-8/h4-7,11-15H,3H2,1-2H3. The summed E-state index contributed by atoms with van der Waals surface area (Å²) in [6.45, 7) is 4.58. The SMILES string of the molecule is CCNC(C)C(O)c1ccc(O)c(O)c1. The minimum Gasteiger partial charge on any atom is -0.504 e. The summed E-state index contributed by atoms with van der Waals surface area (Å²) in [5.74, 6) is -0.391. The second-order valence-corrected chi connectivity index (χ2v) is 3.54. The summed E-state index contributed by atoms with van der Waals surface area (Å²) in [4.78, 5) is 0. The molecule has 2 unspecified atom stereocenters. The van der Waals surface area contributed by atoms with Crippen LogP contribution in [0, 0.1) is 0 Å². The molecule has 1 aromatic rings. The van der Waals surface area contributed by atoms with Crippen molar-refractivity contribution in [2.24, 2.45) is 0 Å². The monoisotopic (exact) mass is 211 g/mol. The molecule has 0 heterocycles. The summed E-state index contributed by atoms with van der Waals surface area (Å²) >= 11 is 0. The molecule has 15 heavy (non-hydrogen) atoms. The first kappa shape index (κ1) is 11.8. The highest BCUT2D eigenvalue weighted by molar-refractivity contribution is 5.41. The van der Waals surface area contributed by atoms with E-state index < -0.39 is 6.10 Å². The molecule has 0 saturated carbocycles. The number of hydrogen-bond acceptors (Lipinski definition) is 4. The molecule has 0 radical (unpaired) electrons. The van der Waals surface area contributed by atoms with E-state index in [0.29, 0.717) is 5.56 Å². The van der Waals surface area contributed by atoms with Crippen molar-refractivity contribution in [3.63, 3.8) is 0 Å². The van der Waals surface area contributed by atoms with Gasteiger partial charge < -0.3 is 20.6 Å². The first-order valence-corrected chi connectivity index (χ1v) is 4.99. The quantitative estimate of drug-likeness (QED) is 0.563. The normalized spacial score (nSPS) is 14.9. The average molecular weight is 211 g/mol. The van der Waals surface area contributed by atoms with Crippen molar-refractivity contribution >= 4 is 0 Å². The van der Waals surface area contributed by atoms with E-state index in [-0.39, 0.29) is 17.5 Å². The van der Waals surface area contributed by atoms with Gasteiger partial charge in [-0.2, -0.15) is 0 Å². The van der Waals surface area contributed by atoms with Crippen molar-refractivity contribution in [3.05, 3.63) is 23.8 Å². The Hall–Kier alpha value is -1.26. The number of aliphatic hydroxyl groups is 1. The van der Waals surface area contributed by atoms with Gasteiger partial charge in [0.15, 0.2) is 11.5 Å². The molecule has 4 nitrogen and oxygen atoms in total. The number of likely N-dealkylation sites (N-methyl/N-ethyl adjacent to an activating group) is 1. The first-order valence-electron chi connectivity index (χ1n) is 4.99. The maximum atomic E-state index is 9.88. The lowest BCUT2D eigenvalue weighted by Crippen LogP contribution is -2.31. The molecular formula is C11H17NO3. The van der Waals surface area contributed by atoms with Crippen molar-refractivity contribution < 1.29 is 15.3 Å². The van der Waals surface area contributed by atoms with Gasteiger partial charge in [-0.15, -0.1) is 0 Å². The van der Waals surface area contributed by atoms with Gasteiger partial charge in [0.25, 0.3) is 0 Å². The van der Waals surface area contributed by atoms with E-state index in [2.05, 4.69) is 5.32 Å². The second kappa shape index (κ2) is 5.00. The Kier molecular flexibility index (Phi) is 3.94. The zero-order valence-electron chi connectivity index (χ0n) is 8.94. The van der Waals surface area contributed by atoms with E-state index in [0.717, 1.165) is 6.54 Å². The summed E-state index contributed by atoms with van der Waals surface area (Å²) in [7, 11) is 0. The molecule has 1 aromatic carbocycles. The van der Waals surface area contributed by atoms with Gasteiger partial charge in [0, 0.05) is 6.04 Å². The van der Waals surface area contributed by atoms with Crippen LogP contribution in [0.2, 0.25) is 0 Å². The minimum atomic E-state index is -0.698. The van der Waals surface area contributed by atoms with Gasteiger partial charge in [-0.3, -0.25) is 0 Å². The van der Waals surface area contributed by atoms with Crippen molar-refractivity contribution in [2.45, 2.75) is 26.0 Å². The number of phenolic OH excluding ortho intramolecular Hbond substituents is 2. The number of aliphatic hydroxyl groups excluding tert-OH is 1. The van der Waals surface area contributed by atoms with Gasteiger partial charge in [-0.05, 0) is 31.2 Å². The summed E-state index contributed by atoms with van der Waals surface area (Å²) in [6, 6.07) is 4.23. The fraction of sp³-hybridized carbons (Fsp3) is 0.455. The summed E-state index contributed by atoms with van der Waals surface area (Å²) < 4.78 is 0. The molecule has 0 spiro atoms. The van der Waals surface area contributed by atoms with E-state index in [9.17, 15) is 10.2 Å². The Morgan fingerprint density at radius 2 is 1.93 bits per heavy atom. The fourth-order valence-electron chi connectivity index (χ4n) is 1.45. The van der Waals surface area contributed by atoms with E-state index in [4.69, 9.17) is 5.11 Å². The molecular weight excluding hydrogens is 194 g/mol. The van der Waals surface area contributed by atoms with Crippen molar-refractivity contribution in [1.29, 1.82) is 0 Å². The molecule has 0 fully saturated rings. The Bertz CT molecular complexity index is 328. The molecule has 4 N–H and O–H groups in total. The zero-order chi connectivity index (χ0) is 11.4. The maximum Gasteiger partial charge on any atom is 0.157 e. The Labute approximate surface area is 89.2 Å². The van der Waals surface area contributed by atoms with Crippen LogP contribution in [-0.2, 0) is 0 Å². The van der Waals surface area contributed by atoms with Crippen LogP contribution in [0.25, 0.3) is 0 Å². The topological polar surface area (TPSA) is 72.7 Å². The molecule has 0 saturated heterocycles. The van der Waals surface area contributed by atoms with E-state index in [1.54, 1.807) is 6.07 Å². The molecule has 0 bridgehead atoms. The first-order chi connectivity index (χ1) is 7.06. The lowest BCUT2D eigenvalue weighted by molar-refractivity contribution is 0.137. The van der Waals surface area contributed by atoms with E-state index >= 15 is 0 Å². The number of nitrogens with one attached hydrogen (secondary N) is 1. The lowest BCUT2D eigenvalue weighted by Gasteiger charge is -2.20. The molecule has 0 aliphatic carbocycles. The van der Waals surface area contributed by atoms with Gasteiger partial charge in [-0.25, -0.2) is 0 Å².